The van der Waals surface area contributed by atoms with Crippen molar-refractivity contribution in [2.24, 2.45) is 0 Å². The maximum Gasteiger partial charge on any atom is 0.228 e. The van der Waals surface area contributed by atoms with Crippen molar-refractivity contribution in [3.8, 4) is 0 Å². The van der Waals surface area contributed by atoms with Gasteiger partial charge in [0.25, 0.3) is 0 Å². The Balaban J connectivity index is 2.26. The zero-order valence-corrected chi connectivity index (χ0v) is 11.2. The lowest BCUT2D eigenvalue weighted by molar-refractivity contribution is -0.146. The van der Waals surface area contributed by atoms with Crippen molar-refractivity contribution in [3.63, 3.8) is 0 Å². The molecule has 1 saturated heterocycles. The number of rotatable bonds is 2. The van der Waals surface area contributed by atoms with E-state index in [1.54, 1.807) is 6.92 Å². The zero-order valence-electron chi connectivity index (χ0n) is 11.2. The maximum absolute atomic E-state index is 12.1. The Hall–Kier alpha value is -1.28. The summed E-state index contributed by atoms with van der Waals surface area (Å²) in [6, 6.07) is 0. The summed E-state index contributed by atoms with van der Waals surface area (Å²) in [5.74, 6) is -0.346. The van der Waals surface area contributed by atoms with Crippen LogP contribution in [0.4, 0.5) is 0 Å². The number of amides is 1. The van der Waals surface area contributed by atoms with Crippen LogP contribution in [0.1, 0.15) is 26.2 Å². The molecular formula is C13H19NO6. The molecule has 2 aliphatic rings. The lowest BCUT2D eigenvalue weighted by atomic mass is 10.0. The molecule has 112 valence electrons. The van der Waals surface area contributed by atoms with E-state index in [4.69, 9.17) is 9.84 Å². The van der Waals surface area contributed by atoms with E-state index in [2.05, 4.69) is 0 Å². The first-order valence-corrected chi connectivity index (χ1v) is 6.61. The van der Waals surface area contributed by atoms with Gasteiger partial charge in [0.15, 0.2) is 12.0 Å². The molecule has 7 nitrogen and oxygen atoms in total. The van der Waals surface area contributed by atoms with Gasteiger partial charge < -0.3 is 20.1 Å². The van der Waals surface area contributed by atoms with Gasteiger partial charge in [-0.3, -0.25) is 14.5 Å². The fourth-order valence-corrected chi connectivity index (χ4v) is 2.40. The minimum atomic E-state index is -1.32. The van der Waals surface area contributed by atoms with Gasteiger partial charge in [0, 0.05) is 24.6 Å². The van der Waals surface area contributed by atoms with E-state index in [9.17, 15) is 19.8 Å². The Labute approximate surface area is 116 Å². The number of allylic oxidation sites excluding steroid dienone is 1. The molecule has 0 bridgehead atoms. The summed E-state index contributed by atoms with van der Waals surface area (Å²) >= 11 is 0. The molecule has 0 aromatic heterocycles. The number of hydrogen-bond acceptors (Lipinski definition) is 6. The fraction of sp³-hybridized carbons (Fsp3) is 0.692. The molecule has 4 unspecified atom stereocenters. The number of Topliss-reactive ketones (excluding diaryl/α,β-unsaturated/α-hetero) is 1. The van der Waals surface area contributed by atoms with Crippen LogP contribution in [0.3, 0.4) is 0 Å². The molecule has 3 N–H and O–H groups in total. The third-order valence-corrected chi connectivity index (χ3v) is 3.65. The normalized spacial score (nSPS) is 35.8. The molecule has 0 aromatic carbocycles. The van der Waals surface area contributed by atoms with E-state index >= 15 is 0 Å². The van der Waals surface area contributed by atoms with Gasteiger partial charge in [0.1, 0.15) is 18.3 Å². The predicted molar refractivity (Wildman–Crippen MR) is 67.2 cm³/mol. The number of nitrogens with zero attached hydrogens (tertiary/aromatic N) is 1. The number of aliphatic hydroxyl groups is 3. The largest absolute Gasteiger partial charge is 0.394 e. The Kier molecular flexibility index (Phi) is 4.54. The number of ether oxygens (including phenoxy) is 1. The van der Waals surface area contributed by atoms with Crippen molar-refractivity contribution in [1.82, 2.24) is 4.90 Å². The zero-order chi connectivity index (χ0) is 14.9. The van der Waals surface area contributed by atoms with Crippen molar-refractivity contribution in [2.45, 2.75) is 50.7 Å². The Bertz CT molecular complexity index is 435. The van der Waals surface area contributed by atoms with Gasteiger partial charge in [-0.15, -0.1) is 0 Å². The van der Waals surface area contributed by atoms with E-state index in [-0.39, 0.29) is 18.1 Å². The standard InChI is InChI=1S/C13H19NO6/c1-7-5-14(10(17)4-2-3-8(7)16)13-12(19)11(18)9(6-15)20-13/h5,9,11-13,15,18-19H,2-4,6H2,1H3. The molecule has 2 rings (SSSR count). The smallest absolute Gasteiger partial charge is 0.228 e. The first kappa shape index (κ1) is 15.1. The molecule has 0 saturated carbocycles. The van der Waals surface area contributed by atoms with E-state index in [1.165, 1.54) is 6.20 Å². The number of hydrogen-bond donors (Lipinski definition) is 3. The Morgan fingerprint density at radius 3 is 2.60 bits per heavy atom. The second-order valence-corrected chi connectivity index (χ2v) is 5.12. The van der Waals surface area contributed by atoms with Crippen molar-refractivity contribution in [3.05, 3.63) is 11.8 Å². The third kappa shape index (κ3) is 2.76. The first-order chi connectivity index (χ1) is 9.45. The molecule has 4 atom stereocenters. The minimum Gasteiger partial charge on any atom is -0.394 e. The van der Waals surface area contributed by atoms with Crippen molar-refractivity contribution in [2.75, 3.05) is 6.61 Å². The Morgan fingerprint density at radius 1 is 1.30 bits per heavy atom. The molecule has 0 aromatic rings. The molecule has 2 heterocycles. The number of aliphatic hydroxyl groups excluding tert-OH is 3. The van der Waals surface area contributed by atoms with Crippen molar-refractivity contribution < 1.29 is 29.6 Å². The second kappa shape index (κ2) is 6.01. The van der Waals surface area contributed by atoms with E-state index in [0.717, 1.165) is 4.90 Å². The molecule has 20 heavy (non-hydrogen) atoms. The summed E-state index contributed by atoms with van der Waals surface area (Å²) in [7, 11) is 0. The van der Waals surface area contributed by atoms with Crippen molar-refractivity contribution in [1.29, 1.82) is 0 Å². The predicted octanol–water partition coefficient (Wildman–Crippen LogP) is -1.09. The molecule has 7 heteroatoms. The molecule has 0 radical (unpaired) electrons. The Morgan fingerprint density at radius 2 is 2.00 bits per heavy atom. The SMILES string of the molecule is CC1=CN(C2OC(CO)C(O)C2O)C(=O)CCCC1=O. The van der Waals surface area contributed by atoms with Crippen LogP contribution in [-0.4, -0.2) is 63.1 Å². The van der Waals surface area contributed by atoms with Gasteiger partial charge >= 0.3 is 0 Å². The number of ketones is 1. The highest BCUT2D eigenvalue weighted by atomic mass is 16.6. The topological polar surface area (TPSA) is 107 Å². The van der Waals surface area contributed by atoms with Gasteiger partial charge in [-0.25, -0.2) is 0 Å². The summed E-state index contributed by atoms with van der Waals surface area (Å²) in [6.07, 6.45) is -2.35. The first-order valence-electron chi connectivity index (χ1n) is 6.61. The second-order valence-electron chi connectivity index (χ2n) is 5.12. The van der Waals surface area contributed by atoms with Crippen LogP contribution in [0.5, 0.6) is 0 Å². The highest BCUT2D eigenvalue weighted by Gasteiger charge is 2.46. The summed E-state index contributed by atoms with van der Waals surface area (Å²) in [6.45, 7) is 1.13. The molecule has 1 fully saturated rings. The van der Waals surface area contributed by atoms with Crippen LogP contribution in [-0.2, 0) is 14.3 Å². The highest BCUT2D eigenvalue weighted by Crippen LogP contribution is 2.26. The van der Waals surface area contributed by atoms with Gasteiger partial charge in [-0.05, 0) is 13.3 Å². The van der Waals surface area contributed by atoms with Gasteiger partial charge in [-0.1, -0.05) is 0 Å². The van der Waals surface area contributed by atoms with Crippen LogP contribution < -0.4 is 0 Å². The molecular weight excluding hydrogens is 266 g/mol. The van der Waals surface area contributed by atoms with Gasteiger partial charge in [-0.2, -0.15) is 0 Å². The van der Waals surface area contributed by atoms with Crippen LogP contribution in [0.2, 0.25) is 0 Å². The van der Waals surface area contributed by atoms with Crippen LogP contribution in [0.25, 0.3) is 0 Å². The molecule has 2 aliphatic heterocycles. The van der Waals surface area contributed by atoms with Crippen LogP contribution in [0, 0.1) is 0 Å². The van der Waals surface area contributed by atoms with Crippen LogP contribution >= 0.6 is 0 Å². The van der Waals surface area contributed by atoms with E-state index in [1.807, 2.05) is 0 Å². The molecule has 0 aliphatic carbocycles. The monoisotopic (exact) mass is 285 g/mol. The van der Waals surface area contributed by atoms with Gasteiger partial charge in [0.2, 0.25) is 5.91 Å². The summed E-state index contributed by atoms with van der Waals surface area (Å²) in [5.41, 5.74) is 0.399. The van der Waals surface area contributed by atoms with Crippen LogP contribution in [0.15, 0.2) is 11.8 Å². The highest BCUT2D eigenvalue weighted by molar-refractivity contribution is 5.96. The summed E-state index contributed by atoms with van der Waals surface area (Å²) in [4.78, 5) is 24.9. The minimum absolute atomic E-state index is 0.0609. The van der Waals surface area contributed by atoms with E-state index in [0.29, 0.717) is 18.4 Å². The summed E-state index contributed by atoms with van der Waals surface area (Å²) in [5, 5.41) is 28.7. The summed E-state index contributed by atoms with van der Waals surface area (Å²) < 4.78 is 5.32. The molecule has 1 amide bonds. The average molecular weight is 285 g/mol. The van der Waals surface area contributed by atoms with E-state index < -0.39 is 31.1 Å². The number of carbonyl (C=O) groups excluding carboxylic acids is 2. The van der Waals surface area contributed by atoms with Gasteiger partial charge in [0.05, 0.1) is 6.61 Å². The fourth-order valence-electron chi connectivity index (χ4n) is 2.40. The third-order valence-electron chi connectivity index (χ3n) is 3.65. The lowest BCUT2D eigenvalue weighted by Gasteiger charge is -2.29. The quantitative estimate of drug-likeness (QED) is 0.595. The average Bonchev–Trinajstić information content (AvgIpc) is 2.70. The molecule has 0 spiro atoms. The number of carbonyl (C=O) groups is 2. The lowest BCUT2D eigenvalue weighted by Crippen LogP contribution is -2.45. The maximum atomic E-state index is 12.1. The van der Waals surface area contributed by atoms with Crippen molar-refractivity contribution >= 4 is 11.7 Å².